The van der Waals surface area contributed by atoms with E-state index in [2.05, 4.69) is 20.9 Å². The van der Waals surface area contributed by atoms with Gasteiger partial charge in [0.15, 0.2) is 0 Å². The molecule has 2 heterocycles. The van der Waals surface area contributed by atoms with Gasteiger partial charge in [-0.3, -0.25) is 0 Å². The molecule has 20 heavy (non-hydrogen) atoms. The number of halogens is 1. The maximum Gasteiger partial charge on any atom is 0.254 e. The molecule has 0 saturated carbocycles. The monoisotopic (exact) mass is 378 g/mol. The third-order valence-electron chi connectivity index (χ3n) is 3.27. The van der Waals surface area contributed by atoms with Crippen LogP contribution in [-0.2, 0) is 14.8 Å². The molecule has 1 aromatic rings. The molecule has 0 N–H and O–H groups in total. The van der Waals surface area contributed by atoms with Gasteiger partial charge in [-0.15, -0.1) is 11.3 Å². The van der Waals surface area contributed by atoms with E-state index in [4.69, 9.17) is 0 Å². The number of aryl methyl sites for hydroxylation is 1. The zero-order valence-corrected chi connectivity index (χ0v) is 14.2. The summed E-state index contributed by atoms with van der Waals surface area (Å²) in [6, 6.07) is 1.65. The molecule has 1 atom stereocenters. The Morgan fingerprint density at radius 2 is 2.20 bits per heavy atom. The third-order valence-corrected chi connectivity index (χ3v) is 7.76. The van der Waals surface area contributed by atoms with E-state index >= 15 is 0 Å². The highest BCUT2D eigenvalue weighted by Crippen LogP contribution is 2.34. The lowest BCUT2D eigenvalue weighted by atomic mass is 10.2. The van der Waals surface area contributed by atoms with Gasteiger partial charge in [0.1, 0.15) is 10.4 Å². The molecule has 1 aliphatic heterocycles. The van der Waals surface area contributed by atoms with Crippen molar-refractivity contribution in [1.82, 2.24) is 4.31 Å². The summed E-state index contributed by atoms with van der Waals surface area (Å²) in [5.74, 6) is 0. The first-order valence-electron chi connectivity index (χ1n) is 6.31. The van der Waals surface area contributed by atoms with E-state index in [9.17, 15) is 13.2 Å². The second kappa shape index (κ2) is 6.49. The summed E-state index contributed by atoms with van der Waals surface area (Å²) in [5, 5.41) is 0. The van der Waals surface area contributed by atoms with Crippen LogP contribution in [0.2, 0.25) is 0 Å². The predicted molar refractivity (Wildman–Crippen MR) is 81.0 cm³/mol. The van der Waals surface area contributed by atoms with E-state index < -0.39 is 16.2 Å². The SMILES string of the molecule is Cc1cc(S(=O)(=O)N2CCCCCC2N=C=O)sc1Br. The quantitative estimate of drug-likeness (QED) is 0.599. The molecule has 0 aliphatic carbocycles. The highest BCUT2D eigenvalue weighted by Gasteiger charge is 2.33. The molecule has 8 heteroatoms. The Bertz CT molecular complexity index is 616. The van der Waals surface area contributed by atoms with Crippen molar-refractivity contribution >= 4 is 43.4 Å². The minimum atomic E-state index is -3.61. The van der Waals surface area contributed by atoms with E-state index in [1.54, 1.807) is 6.07 Å². The van der Waals surface area contributed by atoms with Gasteiger partial charge in [-0.1, -0.05) is 6.42 Å². The fourth-order valence-electron chi connectivity index (χ4n) is 2.21. The van der Waals surface area contributed by atoms with Gasteiger partial charge >= 0.3 is 0 Å². The standard InChI is InChI=1S/C12H15BrN2O3S2/c1-9-7-11(19-12(9)13)20(17,18)15-6-4-2-3-5-10(15)14-8-16/h7,10H,2-6H2,1H3. The highest BCUT2D eigenvalue weighted by atomic mass is 79.9. The Morgan fingerprint density at radius 1 is 1.45 bits per heavy atom. The molecule has 1 aliphatic rings. The fourth-order valence-corrected chi connectivity index (χ4v) is 6.16. The molecular formula is C12H15BrN2O3S2. The molecular weight excluding hydrogens is 364 g/mol. The number of hydrogen-bond acceptors (Lipinski definition) is 5. The van der Waals surface area contributed by atoms with Crippen molar-refractivity contribution in [3.8, 4) is 0 Å². The summed E-state index contributed by atoms with van der Waals surface area (Å²) in [7, 11) is -3.61. The van der Waals surface area contributed by atoms with Gasteiger partial charge in [0, 0.05) is 6.54 Å². The number of aliphatic imine (C=N–C) groups is 1. The molecule has 1 saturated heterocycles. The van der Waals surface area contributed by atoms with Crippen LogP contribution in [0.1, 0.15) is 31.2 Å². The van der Waals surface area contributed by atoms with Crippen LogP contribution in [0, 0.1) is 6.92 Å². The van der Waals surface area contributed by atoms with Crippen LogP contribution in [-0.4, -0.2) is 31.5 Å². The van der Waals surface area contributed by atoms with Crippen molar-refractivity contribution in [1.29, 1.82) is 0 Å². The van der Waals surface area contributed by atoms with Gasteiger partial charge < -0.3 is 0 Å². The zero-order chi connectivity index (χ0) is 14.8. The Balaban J connectivity index is 2.41. The topological polar surface area (TPSA) is 66.8 Å². The number of nitrogens with zero attached hydrogens (tertiary/aromatic N) is 2. The summed E-state index contributed by atoms with van der Waals surface area (Å²) in [6.07, 6.45) is 4.05. The van der Waals surface area contributed by atoms with Crippen LogP contribution in [0.15, 0.2) is 19.1 Å². The first kappa shape index (κ1) is 15.9. The van der Waals surface area contributed by atoms with Gasteiger partial charge in [-0.25, -0.2) is 13.2 Å². The molecule has 0 spiro atoms. The van der Waals surface area contributed by atoms with Gasteiger partial charge in [0.25, 0.3) is 10.0 Å². The lowest BCUT2D eigenvalue weighted by molar-refractivity contribution is 0.331. The molecule has 5 nitrogen and oxygen atoms in total. The summed E-state index contributed by atoms with van der Waals surface area (Å²) < 4.78 is 27.9. The van der Waals surface area contributed by atoms with E-state index in [1.165, 1.54) is 21.7 Å². The maximum absolute atomic E-state index is 12.7. The number of isocyanates is 1. The molecule has 1 aromatic heterocycles. The lowest BCUT2D eigenvalue weighted by Gasteiger charge is -2.24. The van der Waals surface area contributed by atoms with Crippen molar-refractivity contribution in [3.63, 3.8) is 0 Å². The van der Waals surface area contributed by atoms with Crippen molar-refractivity contribution in [2.45, 2.75) is 43.0 Å². The van der Waals surface area contributed by atoms with E-state index in [1.807, 2.05) is 6.92 Å². The normalized spacial score (nSPS) is 21.2. The van der Waals surface area contributed by atoms with E-state index in [-0.39, 0.29) is 4.21 Å². The lowest BCUT2D eigenvalue weighted by Crippen LogP contribution is -2.38. The molecule has 0 radical (unpaired) electrons. The first-order chi connectivity index (χ1) is 9.46. The summed E-state index contributed by atoms with van der Waals surface area (Å²) >= 11 is 4.53. The average Bonchev–Trinajstić information content (AvgIpc) is 2.63. The number of thiophene rings is 1. The minimum absolute atomic E-state index is 0.287. The van der Waals surface area contributed by atoms with Crippen molar-refractivity contribution in [2.24, 2.45) is 4.99 Å². The zero-order valence-electron chi connectivity index (χ0n) is 11.0. The van der Waals surface area contributed by atoms with Gasteiger partial charge in [-0.2, -0.15) is 9.30 Å². The number of rotatable bonds is 3. The van der Waals surface area contributed by atoms with Crippen LogP contribution in [0.5, 0.6) is 0 Å². The highest BCUT2D eigenvalue weighted by molar-refractivity contribution is 9.11. The first-order valence-corrected chi connectivity index (χ1v) is 9.36. The van der Waals surface area contributed by atoms with E-state index in [0.29, 0.717) is 13.0 Å². The second-order valence-corrected chi connectivity index (χ2v) is 9.18. The van der Waals surface area contributed by atoms with Crippen LogP contribution in [0.4, 0.5) is 0 Å². The van der Waals surface area contributed by atoms with Crippen molar-refractivity contribution in [2.75, 3.05) is 6.54 Å². The summed E-state index contributed by atoms with van der Waals surface area (Å²) in [6.45, 7) is 2.25. The Morgan fingerprint density at radius 3 is 2.80 bits per heavy atom. The summed E-state index contributed by atoms with van der Waals surface area (Å²) in [5.41, 5.74) is 0.888. The number of carbonyl (C=O) groups excluding carboxylic acids is 1. The minimum Gasteiger partial charge on any atom is -0.211 e. The van der Waals surface area contributed by atoms with Crippen LogP contribution < -0.4 is 0 Å². The van der Waals surface area contributed by atoms with Crippen LogP contribution in [0.3, 0.4) is 0 Å². The molecule has 0 amide bonds. The van der Waals surface area contributed by atoms with Crippen LogP contribution >= 0.6 is 27.3 Å². The average molecular weight is 379 g/mol. The Labute approximate surface area is 130 Å². The van der Waals surface area contributed by atoms with Gasteiger partial charge in [-0.05, 0) is 53.7 Å². The van der Waals surface area contributed by atoms with Crippen molar-refractivity contribution < 1.29 is 13.2 Å². The van der Waals surface area contributed by atoms with Crippen LogP contribution in [0.25, 0.3) is 0 Å². The number of sulfonamides is 1. The molecule has 1 fully saturated rings. The maximum atomic E-state index is 12.7. The Hall–Kier alpha value is -0.530. The molecule has 2 rings (SSSR count). The smallest absolute Gasteiger partial charge is 0.211 e. The fraction of sp³-hybridized carbons (Fsp3) is 0.583. The largest absolute Gasteiger partial charge is 0.254 e. The van der Waals surface area contributed by atoms with E-state index in [0.717, 1.165) is 28.6 Å². The van der Waals surface area contributed by atoms with Gasteiger partial charge in [0.05, 0.1) is 3.79 Å². The molecule has 0 aromatic carbocycles. The molecule has 1 unspecified atom stereocenters. The molecule has 110 valence electrons. The Kier molecular flexibility index (Phi) is 5.14. The van der Waals surface area contributed by atoms with Gasteiger partial charge in [0.2, 0.25) is 6.08 Å². The summed E-state index contributed by atoms with van der Waals surface area (Å²) in [4.78, 5) is 14.2. The van der Waals surface area contributed by atoms with Crippen molar-refractivity contribution in [3.05, 3.63) is 15.4 Å². The molecule has 0 bridgehead atoms. The second-order valence-electron chi connectivity index (χ2n) is 4.69. The predicted octanol–water partition coefficient (Wildman–Crippen LogP) is 3.05. The number of hydrogen-bond donors (Lipinski definition) is 0. The third kappa shape index (κ3) is 3.20.